The number of ether oxygens (including phenoxy) is 2. The fraction of sp³-hybridized carbons (Fsp3) is 0.324. The van der Waals surface area contributed by atoms with Crippen molar-refractivity contribution in [1.82, 2.24) is 20.2 Å². The Morgan fingerprint density at radius 1 is 0.938 bits per heavy atom. The van der Waals surface area contributed by atoms with Crippen LogP contribution in [0.4, 0.5) is 11.6 Å². The summed E-state index contributed by atoms with van der Waals surface area (Å²) in [5, 5.41) is 23.1. The molecule has 2 amide bonds. The van der Waals surface area contributed by atoms with Gasteiger partial charge in [-0.15, -0.1) is 0 Å². The van der Waals surface area contributed by atoms with Crippen LogP contribution in [0.15, 0.2) is 65.7 Å². The summed E-state index contributed by atoms with van der Waals surface area (Å²) in [6.45, 7) is 1.12. The van der Waals surface area contributed by atoms with E-state index in [4.69, 9.17) is 42.6 Å². The zero-order valence-electron chi connectivity index (χ0n) is 26.1. The van der Waals surface area contributed by atoms with E-state index in [1.807, 2.05) is 41.3 Å². The van der Waals surface area contributed by atoms with Crippen molar-refractivity contribution in [3.05, 3.63) is 82.6 Å². The number of carbonyl (C=O) groups is 2. The lowest BCUT2D eigenvalue weighted by Gasteiger charge is -2.37. The van der Waals surface area contributed by atoms with E-state index in [1.54, 1.807) is 24.3 Å². The third-order valence-electron chi connectivity index (χ3n) is 8.59. The molecule has 2 aliphatic heterocycles. The predicted octanol–water partition coefficient (Wildman–Crippen LogP) is 3.36. The normalized spacial score (nSPS) is 16.1. The van der Waals surface area contributed by atoms with Gasteiger partial charge in [-0.25, -0.2) is 9.97 Å². The quantitative estimate of drug-likeness (QED) is 0.176. The number of aliphatic hydroxyl groups excluding tert-OH is 2. The Bertz CT molecular complexity index is 1860. The predicted molar refractivity (Wildman–Crippen MR) is 181 cm³/mol. The highest BCUT2D eigenvalue weighted by Crippen LogP contribution is 2.36. The summed E-state index contributed by atoms with van der Waals surface area (Å²) in [5.41, 5.74) is 12.5. The maximum absolute atomic E-state index is 13.3. The van der Waals surface area contributed by atoms with E-state index in [2.05, 4.69) is 15.3 Å². The molecule has 48 heavy (non-hydrogen) atoms. The third-order valence-corrected chi connectivity index (χ3v) is 8.87. The molecule has 1 aromatic heterocycles. The number of piperidine rings is 1. The first-order valence-corrected chi connectivity index (χ1v) is 15.9. The Balaban J connectivity index is 0.992. The Morgan fingerprint density at radius 3 is 2.40 bits per heavy atom. The van der Waals surface area contributed by atoms with Gasteiger partial charge in [-0.2, -0.15) is 0 Å². The van der Waals surface area contributed by atoms with E-state index in [0.717, 1.165) is 22.8 Å². The molecule has 0 bridgehead atoms. The maximum atomic E-state index is 13.3. The van der Waals surface area contributed by atoms with Gasteiger partial charge in [0, 0.05) is 25.1 Å². The van der Waals surface area contributed by atoms with E-state index in [9.17, 15) is 14.7 Å². The smallest absolute Gasteiger partial charge is 0.279 e. The van der Waals surface area contributed by atoms with E-state index < -0.39 is 12.0 Å². The first-order chi connectivity index (χ1) is 23.1. The van der Waals surface area contributed by atoms with Gasteiger partial charge >= 0.3 is 0 Å². The summed E-state index contributed by atoms with van der Waals surface area (Å²) in [7, 11) is 0. The number of aliphatic imine (C=N–C) groups is 1. The molecule has 6 rings (SSSR count). The molecule has 250 valence electrons. The number of hydrogen-bond acceptors (Lipinski definition) is 11. The number of rotatable bonds is 9. The van der Waals surface area contributed by atoms with Gasteiger partial charge in [0.2, 0.25) is 0 Å². The maximum Gasteiger partial charge on any atom is 0.279 e. The number of carbonyl (C=O) groups excluding carboxylic acids is 2. The molecule has 1 saturated heterocycles. The molecule has 7 N–H and O–H groups in total. The van der Waals surface area contributed by atoms with Crippen LogP contribution in [0.1, 0.15) is 52.1 Å². The highest BCUT2D eigenvalue weighted by molar-refractivity contribution is 6.31. The molecule has 0 aliphatic carbocycles. The molecule has 13 nitrogen and oxygen atoms in total. The van der Waals surface area contributed by atoms with E-state index in [1.165, 1.54) is 0 Å². The van der Waals surface area contributed by atoms with Gasteiger partial charge in [-0.3, -0.25) is 14.6 Å². The fourth-order valence-electron chi connectivity index (χ4n) is 5.87. The number of nitrogens with zero attached hydrogens (tertiary/aromatic N) is 4. The first-order valence-electron chi connectivity index (χ1n) is 15.6. The zero-order valence-corrected chi connectivity index (χ0v) is 26.8. The highest BCUT2D eigenvalue weighted by atomic mass is 35.5. The summed E-state index contributed by atoms with van der Waals surface area (Å²) < 4.78 is 11.5. The van der Waals surface area contributed by atoms with Gasteiger partial charge in [0.1, 0.15) is 36.7 Å². The van der Waals surface area contributed by atoms with Crippen LogP contribution in [0.3, 0.4) is 0 Å². The Morgan fingerprint density at radius 2 is 1.65 bits per heavy atom. The first kappa shape index (κ1) is 32.9. The summed E-state index contributed by atoms with van der Waals surface area (Å²) in [5.74, 6) is 1.05. The summed E-state index contributed by atoms with van der Waals surface area (Å²) in [6.07, 6.45) is 1.80. The molecular formula is C34H36ClN7O6. The average Bonchev–Trinajstić information content (AvgIpc) is 3.48. The topological polar surface area (TPSA) is 199 Å². The zero-order chi connectivity index (χ0) is 33.8. The largest absolute Gasteiger partial charge is 0.491 e. The number of benzene rings is 3. The van der Waals surface area contributed by atoms with Crippen molar-refractivity contribution in [3.63, 3.8) is 0 Å². The second-order valence-corrected chi connectivity index (χ2v) is 12.3. The third kappa shape index (κ3) is 7.43. The van der Waals surface area contributed by atoms with Crippen LogP contribution in [0.2, 0.25) is 5.15 Å². The minimum Gasteiger partial charge on any atom is -0.491 e. The van der Waals surface area contributed by atoms with Crippen LogP contribution in [0, 0.1) is 0 Å². The second kappa shape index (κ2) is 14.0. The number of nitrogens with two attached hydrogens (primary N) is 2. The number of hydrogen-bond donors (Lipinski definition) is 5. The van der Waals surface area contributed by atoms with Crippen molar-refractivity contribution >= 4 is 51.7 Å². The van der Waals surface area contributed by atoms with Crippen LogP contribution >= 0.6 is 11.6 Å². The van der Waals surface area contributed by atoms with Crippen molar-refractivity contribution in [2.75, 3.05) is 37.8 Å². The lowest BCUT2D eigenvalue weighted by atomic mass is 9.86. The van der Waals surface area contributed by atoms with Gasteiger partial charge in [0.05, 0.1) is 12.1 Å². The minimum atomic E-state index is -0.920. The molecule has 0 unspecified atom stereocenters. The van der Waals surface area contributed by atoms with E-state index >= 15 is 0 Å². The summed E-state index contributed by atoms with van der Waals surface area (Å²) >= 11 is 5.91. The second-order valence-electron chi connectivity index (χ2n) is 12.0. The number of anilines is 2. The molecule has 3 heterocycles. The Kier molecular flexibility index (Phi) is 9.62. The molecule has 1 fully saturated rings. The summed E-state index contributed by atoms with van der Waals surface area (Å²) in [4.78, 5) is 40.5. The van der Waals surface area contributed by atoms with Crippen LogP contribution in [0.5, 0.6) is 11.5 Å². The highest BCUT2D eigenvalue weighted by Gasteiger charge is 2.39. The minimum absolute atomic E-state index is 0.0204. The van der Waals surface area contributed by atoms with Crippen LogP contribution in [-0.2, 0) is 6.61 Å². The van der Waals surface area contributed by atoms with Crippen molar-refractivity contribution in [2.45, 2.75) is 43.9 Å². The number of nitrogens with one attached hydrogen (secondary N) is 1. The number of halogens is 1. The fourth-order valence-corrected chi connectivity index (χ4v) is 5.99. The number of aliphatic hydroxyl groups is 2. The lowest BCUT2D eigenvalue weighted by Crippen LogP contribution is -2.45. The molecule has 2 aliphatic rings. The van der Waals surface area contributed by atoms with Gasteiger partial charge in [0.15, 0.2) is 22.5 Å². The van der Waals surface area contributed by atoms with E-state index in [0.29, 0.717) is 61.9 Å². The number of aromatic nitrogens is 2. The Hall–Kier alpha value is -4.98. The lowest BCUT2D eigenvalue weighted by molar-refractivity contribution is 0.0536. The molecule has 4 aromatic rings. The molecule has 0 radical (unpaired) electrons. The van der Waals surface area contributed by atoms with Crippen molar-refractivity contribution < 1.29 is 29.3 Å². The van der Waals surface area contributed by atoms with Gasteiger partial charge in [-0.05, 0) is 78.1 Å². The van der Waals surface area contributed by atoms with Crippen LogP contribution in [-0.4, -0.2) is 80.7 Å². The SMILES string of the molecule is Nc1nc(N)c(C(=O)NC2=NC3(CC2)CCN(C(=O)c2ccc(OCc4ccc5cc(OC[C@@H](O)CO)ccc5c4)cc2)CC3)nc1Cl. The summed E-state index contributed by atoms with van der Waals surface area (Å²) in [6, 6.07) is 18.8. The van der Waals surface area contributed by atoms with E-state index in [-0.39, 0.29) is 47.1 Å². The van der Waals surface area contributed by atoms with Crippen molar-refractivity contribution in [1.29, 1.82) is 0 Å². The number of amides is 2. The number of likely N-dealkylation sites (tertiary alicyclic amines) is 1. The van der Waals surface area contributed by atoms with Crippen molar-refractivity contribution in [3.8, 4) is 11.5 Å². The van der Waals surface area contributed by atoms with Gasteiger partial charge in [-0.1, -0.05) is 29.8 Å². The molecule has 1 atom stereocenters. The average molecular weight is 674 g/mol. The standard InChI is InChI=1S/C34H36ClN7O6/c35-29-31(37)40-30(36)28(39-29)32(45)38-27-9-10-34(41-27)11-13-42(14-12-34)33(46)21-3-6-25(7-4-21)47-18-20-1-2-23-16-26(8-5-22(23)15-20)48-19-24(44)17-43/h1-8,15-16,24,43-44H,9-14,17-19H2,(H4,36,37,40)(H,38,41,45)/t24-/m0/s1. The monoisotopic (exact) mass is 673 g/mol. The van der Waals surface area contributed by atoms with Gasteiger partial charge < -0.3 is 41.4 Å². The van der Waals surface area contributed by atoms with Crippen molar-refractivity contribution in [2.24, 2.45) is 4.99 Å². The number of nitrogen functional groups attached to an aromatic ring is 2. The van der Waals surface area contributed by atoms with Crippen LogP contribution < -0.4 is 26.3 Å². The number of amidine groups is 1. The van der Waals surface area contributed by atoms with Crippen LogP contribution in [0.25, 0.3) is 10.8 Å². The molecular weight excluding hydrogens is 638 g/mol. The number of fused-ring (bicyclic) bond motifs is 1. The Labute approximate surface area is 281 Å². The molecule has 1 spiro atoms. The molecule has 0 saturated carbocycles. The molecule has 14 heteroatoms. The molecule has 3 aromatic carbocycles. The van der Waals surface area contributed by atoms with Gasteiger partial charge in [0.25, 0.3) is 11.8 Å².